The summed E-state index contributed by atoms with van der Waals surface area (Å²) in [5, 5.41) is 23.5. The van der Waals surface area contributed by atoms with E-state index in [1.807, 2.05) is 0 Å². The van der Waals surface area contributed by atoms with E-state index in [9.17, 15) is 19.8 Å². The topological polar surface area (TPSA) is 95.9 Å². The lowest BCUT2D eigenvalue weighted by molar-refractivity contribution is -0.143. The van der Waals surface area contributed by atoms with E-state index in [1.54, 1.807) is 0 Å². The van der Waals surface area contributed by atoms with Crippen molar-refractivity contribution in [1.29, 1.82) is 0 Å². The fourth-order valence-corrected chi connectivity index (χ4v) is 13.0. The van der Waals surface area contributed by atoms with Gasteiger partial charge in [0.15, 0.2) is 0 Å². The first-order valence-corrected chi connectivity index (χ1v) is 40.7. The second kappa shape index (κ2) is 78.5. The zero-order chi connectivity index (χ0) is 64.2. The molecular formula is C83H159NO5. The minimum Gasteiger partial charge on any atom is -0.466 e. The molecule has 0 fully saturated rings. The number of hydrogen-bond donors (Lipinski definition) is 3. The van der Waals surface area contributed by atoms with Crippen LogP contribution >= 0.6 is 0 Å². The molecule has 0 aromatic carbocycles. The Bertz CT molecular complexity index is 1440. The van der Waals surface area contributed by atoms with E-state index in [0.29, 0.717) is 25.9 Å². The number of aliphatic hydroxyl groups excluding tert-OH is 2. The Hall–Kier alpha value is -1.92. The van der Waals surface area contributed by atoms with Crippen LogP contribution in [0.3, 0.4) is 0 Å². The molecule has 0 rings (SSSR count). The molecule has 0 heterocycles. The standard InChI is InChI=1S/C83H159NO5/c1-3-5-7-9-11-13-15-17-19-21-22-23-34-37-40-44-47-51-55-59-63-67-71-75-81(86)80(79-85)84-82(87)76-72-68-64-60-56-52-48-45-41-38-35-32-30-28-26-24-25-27-29-31-33-36-39-42-46-50-54-58-62-66-70-74-78-89-83(88)77-73-69-65-61-57-53-49-43-20-18-16-14-12-10-8-6-4-2/h12,14,18,20,27,29,80-81,85-86H,3-11,13,15-17,19,21-26,28,30-79H2,1-2H3,(H,84,87)/b14-12-,20-18-,29-27-. The van der Waals surface area contributed by atoms with Gasteiger partial charge in [-0.2, -0.15) is 0 Å². The van der Waals surface area contributed by atoms with Crippen LogP contribution in [0.4, 0.5) is 0 Å². The third-order valence-electron chi connectivity index (χ3n) is 19.2. The molecule has 526 valence electrons. The average Bonchev–Trinajstić information content (AvgIpc) is 3.57. The molecule has 0 spiro atoms. The lowest BCUT2D eigenvalue weighted by atomic mass is 10.0. The Morgan fingerprint density at radius 3 is 0.888 bits per heavy atom. The number of hydrogen-bond acceptors (Lipinski definition) is 5. The van der Waals surface area contributed by atoms with E-state index < -0.39 is 12.1 Å². The Kier molecular flexibility index (Phi) is 76.8. The van der Waals surface area contributed by atoms with Gasteiger partial charge in [-0.25, -0.2) is 0 Å². The van der Waals surface area contributed by atoms with Gasteiger partial charge in [-0.1, -0.05) is 397 Å². The summed E-state index contributed by atoms with van der Waals surface area (Å²) in [6, 6.07) is -0.541. The predicted molar refractivity (Wildman–Crippen MR) is 393 cm³/mol. The summed E-state index contributed by atoms with van der Waals surface area (Å²) in [7, 11) is 0. The summed E-state index contributed by atoms with van der Waals surface area (Å²) in [5.41, 5.74) is 0. The number of allylic oxidation sites excluding steroid dienone is 6. The third kappa shape index (κ3) is 75.0. The molecule has 0 saturated heterocycles. The van der Waals surface area contributed by atoms with Crippen molar-refractivity contribution < 1.29 is 24.5 Å². The van der Waals surface area contributed by atoms with Crippen molar-refractivity contribution in [2.24, 2.45) is 0 Å². The highest BCUT2D eigenvalue weighted by Gasteiger charge is 2.20. The Labute approximate surface area is 557 Å². The summed E-state index contributed by atoms with van der Waals surface area (Å²) in [6.45, 7) is 4.97. The normalized spacial score (nSPS) is 12.6. The van der Waals surface area contributed by atoms with Gasteiger partial charge >= 0.3 is 5.97 Å². The maximum atomic E-state index is 12.6. The fraction of sp³-hybridized carbons (Fsp3) is 0.904. The van der Waals surface area contributed by atoms with Crippen molar-refractivity contribution in [3.05, 3.63) is 36.5 Å². The third-order valence-corrected chi connectivity index (χ3v) is 19.2. The smallest absolute Gasteiger partial charge is 0.305 e. The minimum atomic E-state index is -0.664. The number of rotatable bonds is 77. The van der Waals surface area contributed by atoms with Crippen molar-refractivity contribution in [1.82, 2.24) is 5.32 Å². The molecule has 0 aliphatic carbocycles. The van der Waals surface area contributed by atoms with E-state index in [4.69, 9.17) is 4.74 Å². The first kappa shape index (κ1) is 87.1. The molecule has 0 saturated carbocycles. The summed E-state index contributed by atoms with van der Waals surface area (Å²) in [5.74, 6) is -0.0157. The fourth-order valence-electron chi connectivity index (χ4n) is 13.0. The summed E-state index contributed by atoms with van der Waals surface area (Å²) < 4.78 is 5.50. The second-order valence-corrected chi connectivity index (χ2v) is 28.1. The van der Waals surface area contributed by atoms with E-state index >= 15 is 0 Å². The van der Waals surface area contributed by atoms with E-state index in [0.717, 1.165) is 51.4 Å². The lowest BCUT2D eigenvalue weighted by Gasteiger charge is -2.22. The zero-order valence-corrected chi connectivity index (χ0v) is 60.4. The quantitative estimate of drug-likeness (QED) is 0.0320. The van der Waals surface area contributed by atoms with Gasteiger partial charge in [0.05, 0.1) is 25.4 Å². The molecule has 1 amide bonds. The maximum absolute atomic E-state index is 12.6. The van der Waals surface area contributed by atoms with Gasteiger partial charge in [0, 0.05) is 12.8 Å². The number of nitrogens with one attached hydrogen (secondary N) is 1. The van der Waals surface area contributed by atoms with Crippen LogP contribution in [0.2, 0.25) is 0 Å². The molecule has 2 unspecified atom stereocenters. The molecule has 2 atom stereocenters. The SMILES string of the molecule is CCCCC/C=C\C/C=C\CCCCCCCCCC(=O)OCCCCCCCCCCCCCC/C=C\CCCCCCCCCCCCCCCCCCC(=O)NC(CO)C(O)CCCCCCCCCCCCCCCCCCCCCCCCC. The lowest BCUT2D eigenvalue weighted by Crippen LogP contribution is -2.45. The monoisotopic (exact) mass is 1250 g/mol. The number of carbonyl (C=O) groups is 2. The van der Waals surface area contributed by atoms with Crippen LogP contribution in [0.25, 0.3) is 0 Å². The second-order valence-electron chi connectivity index (χ2n) is 28.1. The van der Waals surface area contributed by atoms with E-state index in [-0.39, 0.29) is 18.5 Å². The molecule has 0 aromatic rings. The van der Waals surface area contributed by atoms with Gasteiger partial charge in [-0.05, 0) is 83.5 Å². The highest BCUT2D eigenvalue weighted by molar-refractivity contribution is 5.76. The van der Waals surface area contributed by atoms with Crippen molar-refractivity contribution in [2.75, 3.05) is 13.2 Å². The highest BCUT2D eigenvalue weighted by Crippen LogP contribution is 2.20. The number of unbranched alkanes of at least 4 members (excludes halogenated alkanes) is 60. The molecule has 0 aliphatic heterocycles. The maximum Gasteiger partial charge on any atom is 0.305 e. The Morgan fingerprint density at radius 1 is 0.315 bits per heavy atom. The van der Waals surface area contributed by atoms with Crippen molar-refractivity contribution in [2.45, 2.75) is 469 Å². The Balaban J connectivity index is 3.36. The zero-order valence-electron chi connectivity index (χ0n) is 60.4. The molecule has 0 aliphatic rings. The first-order chi connectivity index (χ1) is 44.0. The van der Waals surface area contributed by atoms with Gasteiger partial charge in [0.2, 0.25) is 5.91 Å². The molecule has 6 nitrogen and oxygen atoms in total. The molecule has 6 heteroatoms. The number of aliphatic hydroxyl groups is 2. The summed E-state index contributed by atoms with van der Waals surface area (Å²) in [6.07, 6.45) is 102. The first-order valence-electron chi connectivity index (χ1n) is 40.7. The molecule has 3 N–H and O–H groups in total. The van der Waals surface area contributed by atoms with Crippen molar-refractivity contribution >= 4 is 11.9 Å². The van der Waals surface area contributed by atoms with Crippen LogP contribution in [-0.4, -0.2) is 47.4 Å². The van der Waals surface area contributed by atoms with Crippen LogP contribution < -0.4 is 5.32 Å². The summed E-state index contributed by atoms with van der Waals surface area (Å²) >= 11 is 0. The van der Waals surface area contributed by atoms with Crippen LogP contribution in [0.1, 0.15) is 457 Å². The van der Waals surface area contributed by atoms with Crippen molar-refractivity contribution in [3.8, 4) is 0 Å². The minimum absolute atomic E-state index is 0.0113. The van der Waals surface area contributed by atoms with E-state index in [2.05, 4.69) is 55.6 Å². The van der Waals surface area contributed by atoms with Crippen LogP contribution in [-0.2, 0) is 14.3 Å². The average molecular weight is 1250 g/mol. The highest BCUT2D eigenvalue weighted by atomic mass is 16.5. The van der Waals surface area contributed by atoms with Crippen LogP contribution in [0.15, 0.2) is 36.5 Å². The number of esters is 1. The molecule has 89 heavy (non-hydrogen) atoms. The van der Waals surface area contributed by atoms with Gasteiger partial charge < -0.3 is 20.3 Å². The Morgan fingerprint density at radius 2 is 0.562 bits per heavy atom. The van der Waals surface area contributed by atoms with Gasteiger partial charge in [0.1, 0.15) is 0 Å². The number of ether oxygens (including phenoxy) is 1. The van der Waals surface area contributed by atoms with Crippen LogP contribution in [0, 0.1) is 0 Å². The largest absolute Gasteiger partial charge is 0.466 e. The number of carbonyl (C=O) groups excluding carboxylic acids is 2. The number of amides is 1. The van der Waals surface area contributed by atoms with Crippen LogP contribution in [0.5, 0.6) is 0 Å². The van der Waals surface area contributed by atoms with Crippen molar-refractivity contribution in [3.63, 3.8) is 0 Å². The molecule has 0 aromatic heterocycles. The molecule has 0 bridgehead atoms. The van der Waals surface area contributed by atoms with Gasteiger partial charge in [-0.3, -0.25) is 9.59 Å². The summed E-state index contributed by atoms with van der Waals surface area (Å²) in [4.78, 5) is 24.7. The predicted octanol–water partition coefficient (Wildman–Crippen LogP) is 27.0. The van der Waals surface area contributed by atoms with E-state index in [1.165, 1.54) is 372 Å². The van der Waals surface area contributed by atoms with Gasteiger partial charge in [0.25, 0.3) is 0 Å². The van der Waals surface area contributed by atoms with Gasteiger partial charge in [-0.15, -0.1) is 0 Å². The molecule has 0 radical (unpaired) electrons. The molecular weight excluding hydrogens is 1090 g/mol.